The zero-order valence-electron chi connectivity index (χ0n) is 9.87. The summed E-state index contributed by atoms with van der Waals surface area (Å²) in [6, 6.07) is 2.72. The van der Waals surface area contributed by atoms with Crippen LogP contribution in [0.15, 0.2) is 12.1 Å². The summed E-state index contributed by atoms with van der Waals surface area (Å²) in [6.07, 6.45) is 4.77. The second-order valence-corrected chi connectivity index (χ2v) is 4.42. The molecule has 0 unspecified atom stereocenters. The minimum Gasteiger partial charge on any atom is -0.506 e. The van der Waals surface area contributed by atoms with Crippen molar-refractivity contribution in [3.05, 3.63) is 28.3 Å². The number of phenols is 1. The Kier molecular flexibility index (Phi) is 5.29. The second kappa shape index (κ2) is 6.50. The molecule has 94 valence electrons. The fraction of sp³-hybridized carbons (Fsp3) is 0.462. The van der Waals surface area contributed by atoms with E-state index in [1.807, 2.05) is 0 Å². The summed E-state index contributed by atoms with van der Waals surface area (Å²) >= 11 is 5.94. The topological polar surface area (TPSA) is 57.5 Å². The van der Waals surface area contributed by atoms with Crippen LogP contribution in [0.3, 0.4) is 0 Å². The van der Waals surface area contributed by atoms with Gasteiger partial charge in [-0.05, 0) is 30.5 Å². The fourth-order valence-electron chi connectivity index (χ4n) is 1.78. The van der Waals surface area contributed by atoms with Crippen molar-refractivity contribution < 1.29 is 15.0 Å². The number of carboxylic acid groups (broad SMARTS) is 1. The zero-order valence-corrected chi connectivity index (χ0v) is 10.6. The van der Waals surface area contributed by atoms with Crippen LogP contribution in [0.1, 0.15) is 48.5 Å². The lowest BCUT2D eigenvalue weighted by atomic mass is 10.0. The molecule has 17 heavy (non-hydrogen) atoms. The van der Waals surface area contributed by atoms with Gasteiger partial charge >= 0.3 is 5.97 Å². The van der Waals surface area contributed by atoms with Crippen LogP contribution in [-0.4, -0.2) is 16.2 Å². The van der Waals surface area contributed by atoms with E-state index < -0.39 is 5.97 Å². The Morgan fingerprint density at radius 3 is 2.59 bits per heavy atom. The van der Waals surface area contributed by atoms with Crippen molar-refractivity contribution in [2.24, 2.45) is 0 Å². The van der Waals surface area contributed by atoms with E-state index in [4.69, 9.17) is 16.7 Å². The lowest BCUT2D eigenvalue weighted by Crippen LogP contribution is -2.03. The monoisotopic (exact) mass is 256 g/mol. The number of aromatic carboxylic acids is 1. The number of aromatic hydroxyl groups is 1. The SMILES string of the molecule is CCCCCCc1c(C(=O)O)ccc(O)c1Cl. The van der Waals surface area contributed by atoms with Gasteiger partial charge in [0.15, 0.2) is 0 Å². The molecule has 0 fully saturated rings. The Morgan fingerprint density at radius 1 is 1.29 bits per heavy atom. The molecule has 0 bridgehead atoms. The summed E-state index contributed by atoms with van der Waals surface area (Å²) in [5, 5.41) is 18.7. The minimum absolute atomic E-state index is 0.0536. The molecule has 1 aromatic rings. The molecule has 2 N–H and O–H groups in total. The molecule has 0 atom stereocenters. The number of carbonyl (C=O) groups is 1. The Labute approximate surface area is 106 Å². The van der Waals surface area contributed by atoms with Crippen molar-refractivity contribution >= 4 is 17.6 Å². The molecule has 1 aromatic carbocycles. The maximum atomic E-state index is 11.0. The molecule has 0 radical (unpaired) electrons. The van der Waals surface area contributed by atoms with Gasteiger partial charge in [-0.3, -0.25) is 0 Å². The van der Waals surface area contributed by atoms with E-state index in [2.05, 4.69) is 6.92 Å². The number of phenolic OH excluding ortho intramolecular Hbond substituents is 1. The lowest BCUT2D eigenvalue weighted by molar-refractivity contribution is 0.0695. The highest BCUT2D eigenvalue weighted by molar-refractivity contribution is 6.33. The number of halogens is 1. The van der Waals surface area contributed by atoms with Gasteiger partial charge in [-0.25, -0.2) is 4.79 Å². The van der Waals surface area contributed by atoms with Crippen molar-refractivity contribution in [1.29, 1.82) is 0 Å². The molecule has 0 spiro atoms. The third-order valence-corrected chi connectivity index (χ3v) is 3.16. The molecule has 3 nitrogen and oxygen atoms in total. The van der Waals surface area contributed by atoms with Crippen LogP contribution in [0.2, 0.25) is 5.02 Å². The summed E-state index contributed by atoms with van der Waals surface area (Å²) in [6.45, 7) is 2.12. The number of benzene rings is 1. The van der Waals surface area contributed by atoms with Crippen LogP contribution in [-0.2, 0) is 6.42 Å². The van der Waals surface area contributed by atoms with Crippen LogP contribution < -0.4 is 0 Å². The Hall–Kier alpha value is -1.22. The molecule has 0 aliphatic heterocycles. The van der Waals surface area contributed by atoms with Gasteiger partial charge in [-0.15, -0.1) is 0 Å². The molecule has 0 aliphatic carbocycles. The van der Waals surface area contributed by atoms with E-state index in [1.54, 1.807) is 0 Å². The summed E-state index contributed by atoms with van der Waals surface area (Å²) in [7, 11) is 0. The smallest absolute Gasteiger partial charge is 0.336 e. The normalized spacial score (nSPS) is 10.5. The van der Waals surface area contributed by atoms with Crippen LogP contribution >= 0.6 is 11.6 Å². The van der Waals surface area contributed by atoms with E-state index in [1.165, 1.54) is 12.1 Å². The first kappa shape index (κ1) is 13.8. The molecule has 1 rings (SSSR count). The van der Waals surface area contributed by atoms with Crippen molar-refractivity contribution in [3.8, 4) is 5.75 Å². The molecular weight excluding hydrogens is 240 g/mol. The average Bonchev–Trinajstić information content (AvgIpc) is 2.29. The van der Waals surface area contributed by atoms with Gasteiger partial charge in [-0.2, -0.15) is 0 Å². The first-order valence-corrected chi connectivity index (χ1v) is 6.19. The number of unbranched alkanes of at least 4 members (excludes halogenated alkanes) is 3. The first-order valence-electron chi connectivity index (χ1n) is 5.81. The highest BCUT2D eigenvalue weighted by atomic mass is 35.5. The van der Waals surface area contributed by atoms with E-state index in [9.17, 15) is 9.90 Å². The molecule has 4 heteroatoms. The summed E-state index contributed by atoms with van der Waals surface area (Å²) in [4.78, 5) is 11.0. The fourth-order valence-corrected chi connectivity index (χ4v) is 2.04. The van der Waals surface area contributed by atoms with Gasteiger partial charge in [0.1, 0.15) is 5.75 Å². The molecule has 0 amide bonds. The lowest BCUT2D eigenvalue weighted by Gasteiger charge is -2.09. The third kappa shape index (κ3) is 3.63. The van der Waals surface area contributed by atoms with Gasteiger partial charge < -0.3 is 10.2 Å². The van der Waals surface area contributed by atoms with Gasteiger partial charge in [0.2, 0.25) is 0 Å². The maximum Gasteiger partial charge on any atom is 0.336 e. The second-order valence-electron chi connectivity index (χ2n) is 4.04. The summed E-state index contributed by atoms with van der Waals surface area (Å²) in [5.74, 6) is -1.06. The quantitative estimate of drug-likeness (QED) is 0.760. The summed E-state index contributed by atoms with van der Waals surface area (Å²) in [5.41, 5.74) is 0.722. The van der Waals surface area contributed by atoms with E-state index >= 15 is 0 Å². The molecule has 0 heterocycles. The standard InChI is InChI=1S/C13H17ClO3/c1-2-3-4-5-6-9-10(13(16)17)7-8-11(15)12(9)14/h7-8,15H,2-6H2,1H3,(H,16,17). The van der Waals surface area contributed by atoms with Crippen LogP contribution in [0.5, 0.6) is 5.75 Å². The zero-order chi connectivity index (χ0) is 12.8. The molecule has 0 saturated carbocycles. The predicted octanol–water partition coefficient (Wildman–Crippen LogP) is 3.87. The number of hydrogen-bond acceptors (Lipinski definition) is 2. The minimum atomic E-state index is -1.00. The van der Waals surface area contributed by atoms with Crippen LogP contribution in [0.25, 0.3) is 0 Å². The van der Waals surface area contributed by atoms with Crippen LogP contribution in [0.4, 0.5) is 0 Å². The molecule has 0 aromatic heterocycles. The van der Waals surface area contributed by atoms with Gasteiger partial charge in [0.05, 0.1) is 10.6 Å². The molecule has 0 aliphatic rings. The van der Waals surface area contributed by atoms with Gasteiger partial charge in [0.25, 0.3) is 0 Å². The number of rotatable bonds is 6. The molecule has 0 saturated heterocycles. The van der Waals surface area contributed by atoms with E-state index in [-0.39, 0.29) is 16.3 Å². The van der Waals surface area contributed by atoms with E-state index in [0.29, 0.717) is 12.0 Å². The van der Waals surface area contributed by atoms with Crippen molar-refractivity contribution in [2.45, 2.75) is 39.0 Å². The number of carboxylic acids is 1. The van der Waals surface area contributed by atoms with Gasteiger partial charge in [-0.1, -0.05) is 37.8 Å². The van der Waals surface area contributed by atoms with Gasteiger partial charge in [0, 0.05) is 0 Å². The Morgan fingerprint density at radius 2 is 2.00 bits per heavy atom. The maximum absolute atomic E-state index is 11.0. The van der Waals surface area contributed by atoms with Crippen molar-refractivity contribution in [1.82, 2.24) is 0 Å². The first-order chi connectivity index (χ1) is 8.07. The average molecular weight is 257 g/mol. The van der Waals surface area contributed by atoms with Crippen LogP contribution in [0, 0.1) is 0 Å². The third-order valence-electron chi connectivity index (χ3n) is 2.73. The highest BCUT2D eigenvalue weighted by Gasteiger charge is 2.15. The van der Waals surface area contributed by atoms with E-state index in [0.717, 1.165) is 25.7 Å². The Bertz CT molecular complexity index is 402. The predicted molar refractivity (Wildman–Crippen MR) is 67.9 cm³/mol. The number of hydrogen-bond donors (Lipinski definition) is 2. The van der Waals surface area contributed by atoms with Crippen molar-refractivity contribution in [2.75, 3.05) is 0 Å². The van der Waals surface area contributed by atoms with Crippen molar-refractivity contribution in [3.63, 3.8) is 0 Å². The Balaban J connectivity index is 2.86. The molecular formula is C13H17ClO3. The highest BCUT2D eigenvalue weighted by Crippen LogP contribution is 2.31. The summed E-state index contributed by atoms with van der Waals surface area (Å²) < 4.78 is 0. The largest absolute Gasteiger partial charge is 0.506 e.